The molecule has 0 aromatic heterocycles. The molecule has 1 heterocycles. The van der Waals surface area contributed by atoms with Gasteiger partial charge in [-0.3, -0.25) is 24.0 Å². The van der Waals surface area contributed by atoms with Crippen LogP contribution in [0.15, 0.2) is 0 Å². The van der Waals surface area contributed by atoms with Gasteiger partial charge in [-0.15, -0.1) is 0 Å². The Kier molecular flexibility index (Phi) is 9.02. The van der Waals surface area contributed by atoms with Crippen LogP contribution < -0.4 is 21.7 Å². The Morgan fingerprint density at radius 3 is 2.05 bits per heavy atom. The standard InChI is InChI=1S/C30H49N5O6/c1-27(2,3)19(37)14-30(12-10-9-11-13-30)34-26(41)33-22(28(4,5)6)25(40)35-16-17-20(29(17,7)8)21(35)24(39)32-15-18(36)23(31)38/h17,20-22H,9-16H2,1-8H3,(H2,31,38)(H,32,39)(H2,33,34,41)/t17-,20-,21-,22+/m0/s1. The van der Waals surface area contributed by atoms with Crippen LogP contribution in [0.3, 0.4) is 0 Å². The van der Waals surface area contributed by atoms with E-state index >= 15 is 0 Å². The van der Waals surface area contributed by atoms with Gasteiger partial charge in [0.2, 0.25) is 17.6 Å². The number of carbonyl (C=O) groups excluding carboxylic acids is 6. The third-order valence-electron chi connectivity index (χ3n) is 9.37. The number of urea groups is 1. The number of Topliss-reactive ketones (excluding diaryl/α,β-unsaturated/α-hetero) is 2. The largest absolute Gasteiger partial charge is 0.363 e. The minimum absolute atomic E-state index is 0.0747. The van der Waals surface area contributed by atoms with Crippen molar-refractivity contribution in [2.45, 2.75) is 112 Å². The van der Waals surface area contributed by atoms with Crippen molar-refractivity contribution in [2.24, 2.45) is 33.8 Å². The molecule has 0 aromatic carbocycles. The molecule has 0 aromatic rings. The monoisotopic (exact) mass is 575 g/mol. The molecule has 11 heteroatoms. The maximum absolute atomic E-state index is 14.1. The number of nitrogens with zero attached hydrogens (tertiary/aromatic N) is 1. The molecule has 0 spiro atoms. The molecule has 0 radical (unpaired) electrons. The highest BCUT2D eigenvalue weighted by Crippen LogP contribution is 2.65. The Bertz CT molecular complexity index is 1100. The molecule has 3 rings (SSSR count). The topological polar surface area (TPSA) is 168 Å². The van der Waals surface area contributed by atoms with E-state index in [0.717, 1.165) is 19.3 Å². The van der Waals surface area contributed by atoms with Crippen molar-refractivity contribution in [1.82, 2.24) is 20.9 Å². The predicted octanol–water partition coefficient (Wildman–Crippen LogP) is 2.06. The molecule has 0 unspecified atom stereocenters. The minimum atomic E-state index is -1.14. The Balaban J connectivity index is 1.79. The molecular formula is C30H49N5O6. The molecule has 3 fully saturated rings. The maximum Gasteiger partial charge on any atom is 0.315 e. The van der Waals surface area contributed by atoms with Crippen LogP contribution in [0.25, 0.3) is 0 Å². The highest BCUT2D eigenvalue weighted by Gasteiger charge is 2.69. The lowest BCUT2D eigenvalue weighted by Crippen LogP contribution is -2.63. The van der Waals surface area contributed by atoms with Gasteiger partial charge in [-0.05, 0) is 35.5 Å². The van der Waals surface area contributed by atoms with E-state index in [-0.39, 0.29) is 35.4 Å². The van der Waals surface area contributed by atoms with Gasteiger partial charge in [-0.25, -0.2) is 4.79 Å². The fourth-order valence-electron chi connectivity index (χ4n) is 6.54. The van der Waals surface area contributed by atoms with Crippen molar-refractivity contribution < 1.29 is 28.8 Å². The number of amides is 5. The second-order valence-electron chi connectivity index (χ2n) is 15.0. The highest BCUT2D eigenvalue weighted by atomic mass is 16.2. The first kappa shape index (κ1) is 32.5. The summed E-state index contributed by atoms with van der Waals surface area (Å²) >= 11 is 0. The van der Waals surface area contributed by atoms with Gasteiger partial charge in [0.05, 0.1) is 6.54 Å². The van der Waals surface area contributed by atoms with Crippen molar-refractivity contribution in [1.29, 1.82) is 0 Å². The van der Waals surface area contributed by atoms with E-state index in [1.165, 1.54) is 4.90 Å². The Morgan fingerprint density at radius 2 is 1.54 bits per heavy atom. The van der Waals surface area contributed by atoms with Crippen LogP contribution in [0.2, 0.25) is 0 Å². The van der Waals surface area contributed by atoms with Gasteiger partial charge in [0, 0.05) is 23.9 Å². The number of fused-ring (bicyclic) bond motifs is 1. The van der Waals surface area contributed by atoms with Crippen LogP contribution in [-0.4, -0.2) is 70.9 Å². The molecule has 2 saturated carbocycles. The van der Waals surface area contributed by atoms with Gasteiger partial charge in [0.15, 0.2) is 0 Å². The lowest BCUT2D eigenvalue weighted by atomic mass is 9.74. The zero-order valence-corrected chi connectivity index (χ0v) is 25.9. The van der Waals surface area contributed by atoms with Crippen LogP contribution in [0, 0.1) is 28.1 Å². The van der Waals surface area contributed by atoms with E-state index in [9.17, 15) is 28.8 Å². The lowest BCUT2D eigenvalue weighted by molar-refractivity contribution is -0.144. The predicted molar refractivity (Wildman–Crippen MR) is 153 cm³/mol. The average molecular weight is 576 g/mol. The Hall–Kier alpha value is -2.98. The zero-order chi connectivity index (χ0) is 31.1. The van der Waals surface area contributed by atoms with Crippen molar-refractivity contribution >= 4 is 35.3 Å². The summed E-state index contributed by atoms with van der Waals surface area (Å²) in [7, 11) is 0. The molecule has 11 nitrogen and oxygen atoms in total. The van der Waals surface area contributed by atoms with Crippen LogP contribution in [0.5, 0.6) is 0 Å². The summed E-state index contributed by atoms with van der Waals surface area (Å²) in [6.07, 6.45) is 4.46. The third-order valence-corrected chi connectivity index (χ3v) is 9.37. The SMILES string of the molecule is CC(C)(C)C(=O)CC1(NC(=O)N[C@H](C(=O)N2C[C@H]3[C@@H]([C@H]2C(=O)NCC(=O)C(N)=O)C3(C)C)C(C)(C)C)CCCCC1. The Morgan fingerprint density at radius 1 is 0.951 bits per heavy atom. The molecule has 4 atom stereocenters. The van der Waals surface area contributed by atoms with Crippen LogP contribution in [0.1, 0.15) is 93.9 Å². The van der Waals surface area contributed by atoms with Crippen LogP contribution in [-0.2, 0) is 24.0 Å². The summed E-state index contributed by atoms with van der Waals surface area (Å²) in [6.45, 7) is 15.0. The summed E-state index contributed by atoms with van der Waals surface area (Å²) in [4.78, 5) is 78.2. The van der Waals surface area contributed by atoms with Gasteiger partial charge in [-0.1, -0.05) is 74.7 Å². The molecule has 5 amide bonds. The quantitative estimate of drug-likeness (QED) is 0.307. The summed E-state index contributed by atoms with van der Waals surface area (Å²) in [5.41, 5.74) is 2.95. The maximum atomic E-state index is 14.1. The summed E-state index contributed by atoms with van der Waals surface area (Å²) in [6, 6.07) is -2.31. The molecule has 1 saturated heterocycles. The molecule has 3 aliphatic rings. The number of rotatable bonds is 9. The van der Waals surface area contributed by atoms with Crippen molar-refractivity contribution in [3.05, 3.63) is 0 Å². The fourth-order valence-corrected chi connectivity index (χ4v) is 6.54. The molecule has 2 aliphatic carbocycles. The normalized spacial score (nSPS) is 25.4. The van der Waals surface area contributed by atoms with Crippen LogP contribution in [0.4, 0.5) is 4.79 Å². The molecule has 230 valence electrons. The smallest absolute Gasteiger partial charge is 0.315 e. The second-order valence-corrected chi connectivity index (χ2v) is 15.0. The van der Waals surface area contributed by atoms with E-state index in [1.807, 2.05) is 55.4 Å². The summed E-state index contributed by atoms with van der Waals surface area (Å²) in [5, 5.41) is 8.46. The third kappa shape index (κ3) is 7.09. The second kappa shape index (κ2) is 11.4. The number of likely N-dealkylation sites (tertiary alicyclic amines) is 1. The van der Waals surface area contributed by atoms with Crippen molar-refractivity contribution in [3.8, 4) is 0 Å². The molecule has 41 heavy (non-hydrogen) atoms. The van der Waals surface area contributed by atoms with Crippen LogP contribution >= 0.6 is 0 Å². The van der Waals surface area contributed by atoms with Gasteiger partial charge in [0.25, 0.3) is 5.91 Å². The number of carbonyl (C=O) groups is 6. The number of hydrogen-bond acceptors (Lipinski definition) is 6. The van der Waals surface area contributed by atoms with E-state index in [0.29, 0.717) is 19.4 Å². The molecule has 0 bridgehead atoms. The number of piperidine rings is 1. The number of ketones is 2. The van der Waals surface area contributed by atoms with Gasteiger partial charge in [0.1, 0.15) is 17.9 Å². The van der Waals surface area contributed by atoms with E-state index in [2.05, 4.69) is 16.0 Å². The van der Waals surface area contributed by atoms with E-state index < -0.39 is 58.6 Å². The zero-order valence-electron chi connectivity index (χ0n) is 25.9. The van der Waals surface area contributed by atoms with Crippen molar-refractivity contribution in [3.63, 3.8) is 0 Å². The van der Waals surface area contributed by atoms with Gasteiger partial charge >= 0.3 is 6.03 Å². The first-order valence-corrected chi connectivity index (χ1v) is 14.7. The Labute approximate surface area is 243 Å². The lowest BCUT2D eigenvalue weighted by Gasteiger charge is -2.41. The molecule has 1 aliphatic heterocycles. The van der Waals surface area contributed by atoms with E-state index in [4.69, 9.17) is 5.73 Å². The number of hydrogen-bond donors (Lipinski definition) is 4. The first-order valence-electron chi connectivity index (χ1n) is 14.7. The molecule has 5 N–H and O–H groups in total. The first-order chi connectivity index (χ1) is 18.7. The van der Waals surface area contributed by atoms with E-state index in [1.54, 1.807) is 0 Å². The van der Waals surface area contributed by atoms with Crippen molar-refractivity contribution in [2.75, 3.05) is 13.1 Å². The highest BCUT2D eigenvalue weighted by molar-refractivity contribution is 6.36. The average Bonchev–Trinajstić information content (AvgIpc) is 3.17. The summed E-state index contributed by atoms with van der Waals surface area (Å²) < 4.78 is 0. The van der Waals surface area contributed by atoms with Gasteiger partial charge in [-0.2, -0.15) is 0 Å². The number of nitrogens with two attached hydrogens (primary N) is 1. The minimum Gasteiger partial charge on any atom is -0.363 e. The molecular weight excluding hydrogens is 526 g/mol. The summed E-state index contributed by atoms with van der Waals surface area (Å²) in [5.74, 6) is -2.92. The fraction of sp³-hybridized carbons (Fsp3) is 0.800. The van der Waals surface area contributed by atoms with Gasteiger partial charge < -0.3 is 26.6 Å². The number of primary amides is 1. The number of nitrogens with one attached hydrogen (secondary N) is 3.